The van der Waals surface area contributed by atoms with Crippen LogP contribution in [0.25, 0.3) is 0 Å². The highest BCUT2D eigenvalue weighted by atomic mass is 16.1. The molecule has 0 heterocycles. The van der Waals surface area contributed by atoms with E-state index in [1.807, 2.05) is 0 Å². The fourth-order valence-electron chi connectivity index (χ4n) is 2.95. The Hall–Kier alpha value is -0.370. The van der Waals surface area contributed by atoms with Crippen LogP contribution >= 0.6 is 0 Å². The molecular formula is C14H27NO. The summed E-state index contributed by atoms with van der Waals surface area (Å²) < 4.78 is 0. The largest absolute Gasteiger partial charge is 0.329 e. The standard InChI is InChI=1S/C14H27NO/c1-4-5-12(3)13(16)14(10-15)8-6-11(2)7-9-14/h11-12H,4-10,15H2,1-3H3. The molecule has 1 aliphatic carbocycles. The molecule has 0 amide bonds. The molecule has 1 atom stereocenters. The van der Waals surface area contributed by atoms with Crippen molar-refractivity contribution in [2.45, 2.75) is 59.3 Å². The number of nitrogens with two attached hydrogens (primary N) is 1. The number of carbonyl (C=O) groups excluding carboxylic acids is 1. The molecule has 0 aromatic heterocycles. The molecule has 0 aromatic carbocycles. The number of Topliss-reactive ketones (excluding diaryl/α,β-unsaturated/α-hetero) is 1. The van der Waals surface area contributed by atoms with E-state index < -0.39 is 0 Å². The van der Waals surface area contributed by atoms with Gasteiger partial charge in [0.1, 0.15) is 5.78 Å². The Bertz CT molecular complexity index is 229. The molecule has 94 valence electrons. The van der Waals surface area contributed by atoms with Gasteiger partial charge in [0.05, 0.1) is 0 Å². The predicted molar refractivity (Wildman–Crippen MR) is 68.2 cm³/mol. The van der Waals surface area contributed by atoms with Crippen molar-refractivity contribution in [2.24, 2.45) is 23.0 Å². The summed E-state index contributed by atoms with van der Waals surface area (Å²) in [4.78, 5) is 12.5. The summed E-state index contributed by atoms with van der Waals surface area (Å²) in [5, 5.41) is 0. The number of hydrogen-bond acceptors (Lipinski definition) is 2. The number of hydrogen-bond donors (Lipinski definition) is 1. The van der Waals surface area contributed by atoms with E-state index in [9.17, 15) is 4.79 Å². The average Bonchev–Trinajstić information content (AvgIpc) is 2.30. The monoisotopic (exact) mass is 225 g/mol. The fourth-order valence-corrected chi connectivity index (χ4v) is 2.95. The third kappa shape index (κ3) is 2.85. The van der Waals surface area contributed by atoms with E-state index >= 15 is 0 Å². The van der Waals surface area contributed by atoms with Crippen LogP contribution in [0.4, 0.5) is 0 Å². The molecular weight excluding hydrogens is 198 g/mol. The Kier molecular flexibility index (Phi) is 4.97. The maximum absolute atomic E-state index is 12.5. The van der Waals surface area contributed by atoms with Crippen molar-refractivity contribution in [1.29, 1.82) is 0 Å². The Morgan fingerprint density at radius 3 is 2.44 bits per heavy atom. The Morgan fingerprint density at radius 1 is 1.44 bits per heavy atom. The van der Waals surface area contributed by atoms with Crippen molar-refractivity contribution in [2.75, 3.05) is 6.54 Å². The van der Waals surface area contributed by atoms with Crippen molar-refractivity contribution in [1.82, 2.24) is 0 Å². The molecule has 16 heavy (non-hydrogen) atoms. The molecule has 1 fully saturated rings. The Labute approximate surface area is 100.0 Å². The van der Waals surface area contributed by atoms with Gasteiger partial charge in [-0.15, -0.1) is 0 Å². The van der Waals surface area contributed by atoms with Gasteiger partial charge in [0.25, 0.3) is 0 Å². The third-order valence-electron chi connectivity index (χ3n) is 4.31. The zero-order valence-corrected chi connectivity index (χ0v) is 11.1. The minimum Gasteiger partial charge on any atom is -0.329 e. The van der Waals surface area contributed by atoms with Crippen LogP contribution in [0.1, 0.15) is 59.3 Å². The summed E-state index contributed by atoms with van der Waals surface area (Å²) in [5.41, 5.74) is 5.72. The molecule has 1 aliphatic rings. The van der Waals surface area contributed by atoms with E-state index in [1.54, 1.807) is 0 Å². The van der Waals surface area contributed by atoms with Gasteiger partial charge < -0.3 is 5.73 Å². The van der Waals surface area contributed by atoms with E-state index in [1.165, 1.54) is 12.8 Å². The molecule has 0 saturated heterocycles. The molecule has 1 rings (SSSR count). The van der Waals surface area contributed by atoms with Gasteiger partial charge in [-0.1, -0.05) is 27.2 Å². The SMILES string of the molecule is CCCC(C)C(=O)C1(CN)CCC(C)CC1. The molecule has 0 spiro atoms. The maximum Gasteiger partial charge on any atom is 0.143 e. The van der Waals surface area contributed by atoms with Crippen LogP contribution in [0.5, 0.6) is 0 Å². The molecule has 2 heteroatoms. The lowest BCUT2D eigenvalue weighted by molar-refractivity contribution is -0.134. The van der Waals surface area contributed by atoms with Gasteiger partial charge in [0, 0.05) is 17.9 Å². The number of rotatable bonds is 5. The second-order valence-electron chi connectivity index (χ2n) is 5.72. The van der Waals surface area contributed by atoms with Gasteiger partial charge in [-0.3, -0.25) is 4.79 Å². The third-order valence-corrected chi connectivity index (χ3v) is 4.31. The minimum atomic E-state index is -0.179. The fraction of sp³-hybridized carbons (Fsp3) is 0.929. The molecule has 0 aliphatic heterocycles. The van der Waals surface area contributed by atoms with Crippen LogP contribution in [-0.2, 0) is 4.79 Å². The molecule has 0 bridgehead atoms. The van der Waals surface area contributed by atoms with Gasteiger partial charge >= 0.3 is 0 Å². The van der Waals surface area contributed by atoms with E-state index in [-0.39, 0.29) is 11.3 Å². The number of ketones is 1. The highest BCUT2D eigenvalue weighted by Gasteiger charge is 2.41. The summed E-state index contributed by atoms with van der Waals surface area (Å²) in [6, 6.07) is 0. The van der Waals surface area contributed by atoms with Crippen LogP contribution in [0.3, 0.4) is 0 Å². The summed E-state index contributed by atoms with van der Waals surface area (Å²) in [7, 11) is 0. The second kappa shape index (κ2) is 5.81. The van der Waals surface area contributed by atoms with Crippen molar-refractivity contribution < 1.29 is 4.79 Å². The van der Waals surface area contributed by atoms with E-state index in [0.29, 0.717) is 12.3 Å². The molecule has 1 saturated carbocycles. The first kappa shape index (κ1) is 13.7. The van der Waals surface area contributed by atoms with Gasteiger partial charge in [0.15, 0.2) is 0 Å². The summed E-state index contributed by atoms with van der Waals surface area (Å²) in [6.07, 6.45) is 6.46. The number of carbonyl (C=O) groups is 1. The zero-order valence-electron chi connectivity index (χ0n) is 11.1. The first-order chi connectivity index (χ1) is 7.55. The van der Waals surface area contributed by atoms with Crippen LogP contribution in [0, 0.1) is 17.3 Å². The molecule has 1 unspecified atom stereocenters. The Balaban J connectivity index is 2.68. The van der Waals surface area contributed by atoms with Crippen LogP contribution in [0.15, 0.2) is 0 Å². The van der Waals surface area contributed by atoms with Crippen LogP contribution in [0.2, 0.25) is 0 Å². The van der Waals surface area contributed by atoms with Gasteiger partial charge in [0.2, 0.25) is 0 Å². The highest BCUT2D eigenvalue weighted by Crippen LogP contribution is 2.40. The molecule has 0 radical (unpaired) electrons. The first-order valence-corrected chi connectivity index (χ1v) is 6.80. The average molecular weight is 225 g/mol. The normalized spacial score (nSPS) is 32.4. The lowest BCUT2D eigenvalue weighted by atomic mass is 9.65. The van der Waals surface area contributed by atoms with Crippen molar-refractivity contribution in [3.8, 4) is 0 Å². The van der Waals surface area contributed by atoms with Crippen molar-refractivity contribution in [3.05, 3.63) is 0 Å². The lowest BCUT2D eigenvalue weighted by Crippen LogP contribution is -2.44. The lowest BCUT2D eigenvalue weighted by Gasteiger charge is -2.38. The van der Waals surface area contributed by atoms with Gasteiger partial charge in [-0.05, 0) is 38.0 Å². The van der Waals surface area contributed by atoms with E-state index in [0.717, 1.165) is 31.6 Å². The molecule has 2 nitrogen and oxygen atoms in total. The summed E-state index contributed by atoms with van der Waals surface area (Å²) >= 11 is 0. The Morgan fingerprint density at radius 2 is 2.00 bits per heavy atom. The second-order valence-corrected chi connectivity index (χ2v) is 5.72. The quantitative estimate of drug-likeness (QED) is 0.781. The maximum atomic E-state index is 12.5. The van der Waals surface area contributed by atoms with Crippen molar-refractivity contribution in [3.63, 3.8) is 0 Å². The van der Waals surface area contributed by atoms with Gasteiger partial charge in [-0.25, -0.2) is 0 Å². The highest BCUT2D eigenvalue weighted by molar-refractivity contribution is 5.87. The summed E-state index contributed by atoms with van der Waals surface area (Å²) in [6.45, 7) is 7.04. The van der Waals surface area contributed by atoms with Gasteiger partial charge in [-0.2, -0.15) is 0 Å². The zero-order chi connectivity index (χ0) is 12.2. The minimum absolute atomic E-state index is 0.179. The van der Waals surface area contributed by atoms with E-state index in [2.05, 4.69) is 20.8 Å². The molecule has 2 N–H and O–H groups in total. The topological polar surface area (TPSA) is 43.1 Å². The van der Waals surface area contributed by atoms with Crippen molar-refractivity contribution >= 4 is 5.78 Å². The van der Waals surface area contributed by atoms with E-state index in [4.69, 9.17) is 5.73 Å². The first-order valence-electron chi connectivity index (χ1n) is 6.80. The van der Waals surface area contributed by atoms with Crippen LogP contribution in [-0.4, -0.2) is 12.3 Å². The molecule has 0 aromatic rings. The summed E-state index contributed by atoms with van der Waals surface area (Å²) in [5.74, 6) is 1.40. The predicted octanol–water partition coefficient (Wildman–Crippen LogP) is 3.15. The van der Waals surface area contributed by atoms with Crippen LogP contribution < -0.4 is 5.73 Å². The smallest absolute Gasteiger partial charge is 0.143 e.